The number of carbonyl (C=O) groups is 5. The molecule has 0 unspecified atom stereocenters. The molecule has 11 heteroatoms. The standard InChI is InChI=1S/C15H23BrN4O6/c1-6(21)11-12(17-7(2)22)13(16)26-14(18-8(3)23)15(11,19-9(4)24)20-10(5)25/h11-14H,1-5H3,(H,17,22)(H,18,23)(H,19,24)(H,20,25)/t11-,12+,13+,14-/m1/s1. The van der Waals surface area contributed by atoms with Crippen LogP contribution in [0.25, 0.3) is 0 Å². The van der Waals surface area contributed by atoms with E-state index >= 15 is 0 Å². The van der Waals surface area contributed by atoms with Gasteiger partial charge < -0.3 is 26.0 Å². The molecule has 4 atom stereocenters. The van der Waals surface area contributed by atoms with Gasteiger partial charge >= 0.3 is 0 Å². The van der Waals surface area contributed by atoms with E-state index in [9.17, 15) is 24.0 Å². The molecule has 0 radical (unpaired) electrons. The Morgan fingerprint density at radius 3 is 1.62 bits per heavy atom. The number of ether oxygens (including phenoxy) is 1. The summed E-state index contributed by atoms with van der Waals surface area (Å²) in [6.45, 7) is 6.13. The predicted molar refractivity (Wildman–Crippen MR) is 93.5 cm³/mol. The highest BCUT2D eigenvalue weighted by Gasteiger charge is 2.59. The lowest BCUT2D eigenvalue weighted by molar-refractivity contribution is -0.171. The Morgan fingerprint density at radius 2 is 1.27 bits per heavy atom. The van der Waals surface area contributed by atoms with Gasteiger partial charge in [0.1, 0.15) is 10.8 Å². The predicted octanol–water partition coefficient (Wildman–Crippen LogP) is -1.12. The van der Waals surface area contributed by atoms with Gasteiger partial charge in [-0.1, -0.05) is 15.9 Å². The van der Waals surface area contributed by atoms with E-state index in [1.165, 1.54) is 34.6 Å². The number of alkyl halides is 1. The lowest BCUT2D eigenvalue weighted by Crippen LogP contribution is -2.81. The Kier molecular flexibility index (Phi) is 7.27. The number of halogens is 1. The smallest absolute Gasteiger partial charge is 0.218 e. The number of rotatable bonds is 5. The summed E-state index contributed by atoms with van der Waals surface area (Å²) >= 11 is 3.24. The molecule has 1 saturated heterocycles. The van der Waals surface area contributed by atoms with Crippen LogP contribution in [0.1, 0.15) is 34.6 Å². The Labute approximate surface area is 159 Å². The van der Waals surface area contributed by atoms with Crippen molar-refractivity contribution >= 4 is 45.3 Å². The van der Waals surface area contributed by atoms with Crippen molar-refractivity contribution in [2.45, 2.75) is 57.6 Å². The van der Waals surface area contributed by atoms with Crippen LogP contribution in [0.3, 0.4) is 0 Å². The van der Waals surface area contributed by atoms with Crippen molar-refractivity contribution in [1.82, 2.24) is 21.3 Å². The Morgan fingerprint density at radius 1 is 0.808 bits per heavy atom. The SMILES string of the molecule is CC(=O)N[C@H]1[C@@H](C(C)=O)C(NC(C)=O)(NC(C)=O)[C@H](NC(C)=O)O[C@@H]1Br. The normalized spacial score (nSPS) is 27.0. The third-order valence-corrected chi connectivity index (χ3v) is 4.51. The fourth-order valence-electron chi connectivity index (χ4n) is 3.11. The van der Waals surface area contributed by atoms with Crippen LogP contribution in [0.15, 0.2) is 0 Å². The van der Waals surface area contributed by atoms with Gasteiger partial charge in [-0.05, 0) is 6.92 Å². The van der Waals surface area contributed by atoms with Crippen molar-refractivity contribution in [2.24, 2.45) is 5.92 Å². The molecule has 26 heavy (non-hydrogen) atoms. The topological polar surface area (TPSA) is 143 Å². The number of ketones is 1. The summed E-state index contributed by atoms with van der Waals surface area (Å²) in [5.41, 5.74) is -1.80. The number of amides is 4. The van der Waals surface area contributed by atoms with Crippen LogP contribution in [-0.2, 0) is 28.7 Å². The molecular weight excluding hydrogens is 412 g/mol. The Hall–Kier alpha value is -2.01. The van der Waals surface area contributed by atoms with E-state index in [2.05, 4.69) is 37.2 Å². The second-order valence-corrected chi connectivity index (χ2v) is 7.02. The second kappa shape index (κ2) is 8.58. The van der Waals surface area contributed by atoms with Gasteiger partial charge in [0.05, 0.1) is 12.0 Å². The van der Waals surface area contributed by atoms with Crippen LogP contribution < -0.4 is 21.3 Å². The molecule has 0 spiro atoms. The van der Waals surface area contributed by atoms with Gasteiger partial charge in [-0.25, -0.2) is 0 Å². The molecule has 4 N–H and O–H groups in total. The zero-order chi connectivity index (χ0) is 20.2. The molecule has 1 fully saturated rings. The molecule has 1 aliphatic rings. The minimum Gasteiger partial charge on any atom is -0.349 e. The van der Waals surface area contributed by atoms with Gasteiger partial charge in [0.25, 0.3) is 0 Å². The Balaban J connectivity index is 3.60. The highest BCUT2D eigenvalue weighted by atomic mass is 79.9. The van der Waals surface area contributed by atoms with Gasteiger partial charge in [0.2, 0.25) is 23.6 Å². The highest BCUT2D eigenvalue weighted by molar-refractivity contribution is 9.09. The van der Waals surface area contributed by atoms with Gasteiger partial charge in [-0.15, -0.1) is 0 Å². The molecule has 0 aliphatic carbocycles. The molecule has 0 saturated carbocycles. The molecular formula is C15H23BrN4O6. The third-order valence-electron chi connectivity index (χ3n) is 3.72. The van der Waals surface area contributed by atoms with Crippen molar-refractivity contribution in [3.8, 4) is 0 Å². The van der Waals surface area contributed by atoms with E-state index in [0.717, 1.165) is 0 Å². The molecule has 1 heterocycles. The van der Waals surface area contributed by atoms with Crippen molar-refractivity contribution in [3.05, 3.63) is 0 Å². The van der Waals surface area contributed by atoms with Crippen molar-refractivity contribution < 1.29 is 28.7 Å². The van der Waals surface area contributed by atoms with Crippen LogP contribution in [0.2, 0.25) is 0 Å². The molecule has 1 aliphatic heterocycles. The lowest BCUT2D eigenvalue weighted by atomic mass is 9.79. The second-order valence-electron chi connectivity index (χ2n) is 6.11. The van der Waals surface area contributed by atoms with E-state index in [-0.39, 0.29) is 0 Å². The maximum absolute atomic E-state index is 12.5. The van der Waals surface area contributed by atoms with Gasteiger partial charge in [0.15, 0.2) is 11.9 Å². The highest BCUT2D eigenvalue weighted by Crippen LogP contribution is 2.35. The van der Waals surface area contributed by atoms with E-state index in [4.69, 9.17) is 4.74 Å². The zero-order valence-corrected chi connectivity index (χ0v) is 16.7. The van der Waals surface area contributed by atoms with Crippen LogP contribution in [0.5, 0.6) is 0 Å². The largest absolute Gasteiger partial charge is 0.349 e. The quantitative estimate of drug-likeness (QED) is 0.318. The summed E-state index contributed by atoms with van der Waals surface area (Å²) in [6, 6.07) is -0.922. The average Bonchev–Trinajstić information content (AvgIpc) is 2.41. The first-order valence-corrected chi connectivity index (χ1v) is 8.74. The minimum atomic E-state index is -1.80. The molecule has 0 aromatic rings. The van der Waals surface area contributed by atoms with Gasteiger partial charge in [-0.2, -0.15) is 0 Å². The summed E-state index contributed by atoms with van der Waals surface area (Å²) in [4.78, 5) is 59.5. The summed E-state index contributed by atoms with van der Waals surface area (Å²) < 4.78 is 5.70. The van der Waals surface area contributed by atoms with Crippen LogP contribution >= 0.6 is 15.9 Å². The molecule has 0 bridgehead atoms. The maximum Gasteiger partial charge on any atom is 0.218 e. The molecule has 10 nitrogen and oxygen atoms in total. The van der Waals surface area contributed by atoms with Gasteiger partial charge in [0, 0.05) is 27.7 Å². The number of nitrogens with one attached hydrogen (secondary N) is 4. The number of Topliss-reactive ketones (excluding diaryl/α,β-unsaturated/α-hetero) is 1. The zero-order valence-electron chi connectivity index (χ0n) is 15.1. The van der Waals surface area contributed by atoms with E-state index in [1.54, 1.807) is 0 Å². The summed E-state index contributed by atoms with van der Waals surface area (Å²) in [5, 5.41) is 9.28. The van der Waals surface area contributed by atoms with Crippen molar-refractivity contribution in [2.75, 3.05) is 0 Å². The first-order valence-electron chi connectivity index (χ1n) is 7.82. The van der Waals surface area contributed by atoms with E-state index in [1.807, 2.05) is 0 Å². The number of hydrogen-bond acceptors (Lipinski definition) is 6. The fourth-order valence-corrected chi connectivity index (χ4v) is 3.76. The first-order chi connectivity index (χ1) is 11.9. The third kappa shape index (κ3) is 5.01. The summed E-state index contributed by atoms with van der Waals surface area (Å²) in [6.07, 6.45) is -1.27. The monoisotopic (exact) mass is 434 g/mol. The van der Waals surface area contributed by atoms with Crippen molar-refractivity contribution in [3.63, 3.8) is 0 Å². The van der Waals surface area contributed by atoms with Crippen LogP contribution in [0.4, 0.5) is 0 Å². The molecule has 1 rings (SSSR count). The van der Waals surface area contributed by atoms with Gasteiger partial charge in [-0.3, -0.25) is 24.0 Å². The number of hydrogen-bond donors (Lipinski definition) is 4. The van der Waals surface area contributed by atoms with Crippen LogP contribution in [0, 0.1) is 5.92 Å². The molecule has 0 aromatic heterocycles. The summed E-state index contributed by atoms with van der Waals surface area (Å²) in [5.74, 6) is -3.65. The lowest BCUT2D eigenvalue weighted by Gasteiger charge is -2.52. The maximum atomic E-state index is 12.5. The minimum absolute atomic E-state index is 0.436. The fraction of sp³-hybridized carbons (Fsp3) is 0.667. The van der Waals surface area contributed by atoms with E-state index < -0.39 is 58.3 Å². The number of carbonyl (C=O) groups excluding carboxylic acids is 5. The molecule has 146 valence electrons. The molecule has 0 aromatic carbocycles. The van der Waals surface area contributed by atoms with Crippen LogP contribution in [-0.4, -0.2) is 52.4 Å². The Bertz CT molecular complexity index is 609. The average molecular weight is 435 g/mol. The summed E-state index contributed by atoms with van der Waals surface area (Å²) in [7, 11) is 0. The first kappa shape index (κ1) is 22.0. The van der Waals surface area contributed by atoms with Crippen molar-refractivity contribution in [1.29, 1.82) is 0 Å². The van der Waals surface area contributed by atoms with E-state index in [0.29, 0.717) is 0 Å². The molecule has 4 amide bonds.